The Bertz CT molecular complexity index is 997. The molecule has 372 valence electrons. The molecule has 0 heterocycles. The van der Waals surface area contributed by atoms with E-state index in [-0.39, 0.29) is 24.9 Å². The first kappa shape index (κ1) is 61.3. The lowest BCUT2D eigenvalue weighted by atomic mass is 10.0. The summed E-state index contributed by atoms with van der Waals surface area (Å²) in [6, 6.07) is -0.703. The van der Waals surface area contributed by atoms with E-state index >= 15 is 0 Å². The molecule has 63 heavy (non-hydrogen) atoms. The summed E-state index contributed by atoms with van der Waals surface area (Å²) in [5.41, 5.74) is 0. The van der Waals surface area contributed by atoms with E-state index in [1.54, 1.807) is 0 Å². The van der Waals surface area contributed by atoms with Crippen molar-refractivity contribution in [3.63, 3.8) is 0 Å². The number of rotatable bonds is 51. The quantitative estimate of drug-likeness (QED) is 0.0321. The minimum Gasteiger partial charge on any atom is -0.462 e. The van der Waals surface area contributed by atoms with Crippen molar-refractivity contribution in [1.82, 2.24) is 5.32 Å². The maximum atomic E-state index is 13.2. The third-order valence-electron chi connectivity index (χ3n) is 13.0. The van der Waals surface area contributed by atoms with E-state index in [0.717, 1.165) is 64.2 Å². The van der Waals surface area contributed by atoms with Gasteiger partial charge in [-0.05, 0) is 77.0 Å². The lowest BCUT2D eigenvalue weighted by Crippen LogP contribution is -2.46. The van der Waals surface area contributed by atoms with E-state index < -0.39 is 18.2 Å². The molecule has 0 saturated carbocycles. The molecule has 0 aromatic carbocycles. The molecule has 6 heteroatoms. The number of hydrogen-bond donors (Lipinski definition) is 3. The fraction of sp³-hybridized carbons (Fsp3) is 0.895. The van der Waals surface area contributed by atoms with Crippen LogP contribution in [0.3, 0.4) is 0 Å². The van der Waals surface area contributed by atoms with Crippen molar-refractivity contribution in [2.75, 3.05) is 6.61 Å². The highest BCUT2D eigenvalue weighted by molar-refractivity contribution is 5.77. The molecular weight excluding hydrogens is 779 g/mol. The van der Waals surface area contributed by atoms with Crippen molar-refractivity contribution < 1.29 is 24.5 Å². The van der Waals surface area contributed by atoms with Crippen molar-refractivity contribution >= 4 is 11.9 Å². The minimum absolute atomic E-state index is 0.0697. The number of nitrogens with one attached hydrogen (secondary N) is 1. The van der Waals surface area contributed by atoms with Crippen LogP contribution in [-0.4, -0.2) is 46.9 Å². The van der Waals surface area contributed by atoms with Crippen molar-refractivity contribution in [2.45, 2.75) is 322 Å². The molecule has 1 amide bonds. The number of allylic oxidation sites excluding steroid dienone is 4. The van der Waals surface area contributed by atoms with Crippen LogP contribution in [0.1, 0.15) is 303 Å². The van der Waals surface area contributed by atoms with Crippen LogP contribution in [0.25, 0.3) is 0 Å². The number of carbonyl (C=O) groups excluding carboxylic acids is 2. The highest BCUT2D eigenvalue weighted by atomic mass is 16.5. The summed E-state index contributed by atoms with van der Waals surface area (Å²) in [7, 11) is 0. The summed E-state index contributed by atoms with van der Waals surface area (Å²) >= 11 is 0. The number of aliphatic hydroxyl groups is 2. The highest BCUT2D eigenvalue weighted by Gasteiger charge is 2.24. The van der Waals surface area contributed by atoms with E-state index in [2.05, 4.69) is 50.4 Å². The van der Waals surface area contributed by atoms with Gasteiger partial charge in [-0.3, -0.25) is 9.59 Å². The van der Waals surface area contributed by atoms with Gasteiger partial charge < -0.3 is 20.3 Å². The number of esters is 1. The van der Waals surface area contributed by atoms with Gasteiger partial charge in [0.25, 0.3) is 0 Å². The van der Waals surface area contributed by atoms with Crippen LogP contribution in [0.15, 0.2) is 24.3 Å². The molecule has 0 spiro atoms. The van der Waals surface area contributed by atoms with Crippen LogP contribution in [-0.2, 0) is 14.3 Å². The topological polar surface area (TPSA) is 95.9 Å². The molecule has 3 atom stereocenters. The average molecular weight is 889 g/mol. The Hall–Kier alpha value is -1.66. The molecule has 6 nitrogen and oxygen atoms in total. The van der Waals surface area contributed by atoms with Gasteiger partial charge in [-0.15, -0.1) is 0 Å². The van der Waals surface area contributed by atoms with E-state index in [9.17, 15) is 19.8 Å². The van der Waals surface area contributed by atoms with E-state index in [4.69, 9.17) is 4.74 Å². The Balaban J connectivity index is 4.56. The molecule has 0 aliphatic carbocycles. The van der Waals surface area contributed by atoms with Gasteiger partial charge in [0.15, 0.2) is 0 Å². The minimum atomic E-state index is -0.788. The third kappa shape index (κ3) is 46.7. The second-order valence-corrected chi connectivity index (χ2v) is 19.3. The smallest absolute Gasteiger partial charge is 0.306 e. The molecule has 0 saturated heterocycles. The van der Waals surface area contributed by atoms with Crippen LogP contribution < -0.4 is 5.32 Å². The average Bonchev–Trinajstić information content (AvgIpc) is 3.28. The van der Waals surface area contributed by atoms with Crippen molar-refractivity contribution in [1.29, 1.82) is 0 Å². The van der Waals surface area contributed by atoms with Gasteiger partial charge in [-0.2, -0.15) is 0 Å². The molecule has 3 unspecified atom stereocenters. The van der Waals surface area contributed by atoms with Gasteiger partial charge in [-0.1, -0.05) is 238 Å². The summed E-state index contributed by atoms with van der Waals surface area (Å²) in [6.07, 6.45) is 59.6. The zero-order valence-corrected chi connectivity index (χ0v) is 42.5. The number of amides is 1. The van der Waals surface area contributed by atoms with E-state index in [1.807, 2.05) is 0 Å². The Morgan fingerprint density at radius 1 is 0.444 bits per heavy atom. The fourth-order valence-corrected chi connectivity index (χ4v) is 8.72. The molecule has 3 N–H and O–H groups in total. The van der Waals surface area contributed by atoms with Crippen LogP contribution in [0, 0.1) is 0 Å². The van der Waals surface area contributed by atoms with Crippen LogP contribution >= 0.6 is 0 Å². The monoisotopic (exact) mass is 888 g/mol. The van der Waals surface area contributed by atoms with Crippen LogP contribution in [0.2, 0.25) is 0 Å². The van der Waals surface area contributed by atoms with Crippen LogP contribution in [0.5, 0.6) is 0 Å². The van der Waals surface area contributed by atoms with Crippen molar-refractivity contribution in [3.05, 3.63) is 24.3 Å². The number of unbranched alkanes of at least 4 members (excludes halogenated alkanes) is 35. The Morgan fingerprint density at radius 3 is 1.14 bits per heavy atom. The predicted octanol–water partition coefficient (Wildman–Crippen LogP) is 17.1. The molecule has 0 bridgehead atoms. The first-order valence-corrected chi connectivity index (χ1v) is 28.1. The zero-order chi connectivity index (χ0) is 45.9. The molecule has 0 rings (SSSR count). The number of ether oxygens (including phenoxy) is 1. The van der Waals surface area contributed by atoms with Gasteiger partial charge >= 0.3 is 5.97 Å². The summed E-state index contributed by atoms with van der Waals surface area (Å²) in [4.78, 5) is 26.2. The van der Waals surface area contributed by atoms with Gasteiger partial charge in [-0.25, -0.2) is 0 Å². The number of carbonyl (C=O) groups is 2. The first-order valence-electron chi connectivity index (χ1n) is 28.1. The standard InChI is InChI=1S/C57H109NO5/c1-4-7-10-13-16-19-22-24-26-28-30-32-35-38-41-44-47-50-57(62)63-53(48-45-42-39-36-34-31-29-27-25-23-20-17-14-11-8-5-2)51-56(61)58-54(52-59)55(60)49-46-43-40-37-33-21-18-15-12-9-6-3/h24,26,31,34,53-55,59-60H,4-23,25,27-30,32-33,35-52H2,1-3H3,(H,58,61)/b26-24+,34-31+. The third-order valence-corrected chi connectivity index (χ3v) is 13.0. The lowest BCUT2D eigenvalue weighted by Gasteiger charge is -2.24. The van der Waals surface area contributed by atoms with Crippen LogP contribution in [0.4, 0.5) is 0 Å². The molecule has 0 aromatic heterocycles. The summed E-state index contributed by atoms with van der Waals surface area (Å²) in [5.74, 6) is -0.479. The second-order valence-electron chi connectivity index (χ2n) is 19.3. The maximum absolute atomic E-state index is 13.2. The van der Waals surface area contributed by atoms with Gasteiger partial charge in [0.1, 0.15) is 6.10 Å². The summed E-state index contributed by atoms with van der Waals surface area (Å²) < 4.78 is 5.95. The number of aliphatic hydroxyl groups excluding tert-OH is 2. The second kappa shape index (κ2) is 51.3. The van der Waals surface area contributed by atoms with E-state index in [0.29, 0.717) is 19.3 Å². The van der Waals surface area contributed by atoms with E-state index in [1.165, 1.54) is 193 Å². The van der Waals surface area contributed by atoms with Gasteiger partial charge in [0, 0.05) is 6.42 Å². The molecule has 0 aliphatic heterocycles. The normalized spacial score (nSPS) is 13.3. The SMILES string of the molecule is CCCCCCCC/C=C/CCCCCCCCCC(=O)OC(CCCCC/C=C/CCCCCCCCCCC)CC(=O)NC(CO)C(O)CCCCCCCCCCCCC. The zero-order valence-electron chi connectivity index (χ0n) is 42.5. The molecule has 0 fully saturated rings. The molecule has 0 aromatic rings. The highest BCUT2D eigenvalue weighted by Crippen LogP contribution is 2.18. The summed E-state index contributed by atoms with van der Waals surface area (Å²) in [5, 5.41) is 23.8. The fourth-order valence-electron chi connectivity index (χ4n) is 8.72. The Labute approximate surface area is 392 Å². The first-order chi connectivity index (χ1) is 31.0. The lowest BCUT2D eigenvalue weighted by molar-refractivity contribution is -0.151. The van der Waals surface area contributed by atoms with Crippen molar-refractivity contribution in [2.24, 2.45) is 0 Å². The molecular formula is C57H109NO5. The largest absolute Gasteiger partial charge is 0.462 e. The van der Waals surface area contributed by atoms with Gasteiger partial charge in [0.2, 0.25) is 5.91 Å². The molecule has 0 radical (unpaired) electrons. The van der Waals surface area contributed by atoms with Crippen molar-refractivity contribution in [3.8, 4) is 0 Å². The number of hydrogen-bond acceptors (Lipinski definition) is 5. The predicted molar refractivity (Wildman–Crippen MR) is 273 cm³/mol. The Morgan fingerprint density at radius 2 is 0.762 bits per heavy atom. The summed E-state index contributed by atoms with van der Waals surface area (Å²) in [6.45, 7) is 6.50. The molecule has 0 aliphatic rings. The maximum Gasteiger partial charge on any atom is 0.306 e. The Kier molecular flexibility index (Phi) is 50.0. The van der Waals surface area contributed by atoms with Gasteiger partial charge in [0.05, 0.1) is 25.2 Å².